The number of sulfonamides is 1. The van der Waals surface area contributed by atoms with Gasteiger partial charge in [0, 0.05) is 13.1 Å². The molecule has 1 N–H and O–H groups in total. The maximum absolute atomic E-state index is 12.9. The second-order valence-corrected chi connectivity index (χ2v) is 7.84. The highest BCUT2D eigenvalue weighted by atomic mass is 32.2. The van der Waals surface area contributed by atoms with Crippen LogP contribution in [0, 0.1) is 6.92 Å². The van der Waals surface area contributed by atoms with E-state index in [0.717, 1.165) is 5.56 Å². The SMILES string of the molecule is CCOC(=O)c1c(O)ccc2c1CN(S(=O)(=O)c1ccc(C)cc1)C2. The number of esters is 1. The van der Waals surface area contributed by atoms with Gasteiger partial charge in [-0.15, -0.1) is 0 Å². The van der Waals surface area contributed by atoms with Crippen LogP contribution in [0.15, 0.2) is 41.3 Å². The Morgan fingerprint density at radius 1 is 1.16 bits per heavy atom. The summed E-state index contributed by atoms with van der Waals surface area (Å²) in [7, 11) is -3.69. The lowest BCUT2D eigenvalue weighted by molar-refractivity contribution is 0.0521. The minimum Gasteiger partial charge on any atom is -0.507 e. The monoisotopic (exact) mass is 361 g/mol. The molecule has 0 atom stereocenters. The summed E-state index contributed by atoms with van der Waals surface area (Å²) in [6, 6.07) is 9.65. The van der Waals surface area contributed by atoms with Gasteiger partial charge in [0.15, 0.2) is 0 Å². The first-order chi connectivity index (χ1) is 11.8. The molecular formula is C18H19NO5S. The second-order valence-electron chi connectivity index (χ2n) is 5.90. The van der Waals surface area contributed by atoms with Crippen LogP contribution in [0.4, 0.5) is 0 Å². The Labute approximate surface area is 146 Å². The summed E-state index contributed by atoms with van der Waals surface area (Å²) in [6.45, 7) is 3.91. The van der Waals surface area contributed by atoms with Crippen molar-refractivity contribution in [3.05, 3.63) is 58.7 Å². The molecule has 6 nitrogen and oxygen atoms in total. The lowest BCUT2D eigenvalue weighted by Gasteiger charge is -2.16. The zero-order chi connectivity index (χ0) is 18.2. The third-order valence-corrected chi connectivity index (χ3v) is 6.01. The van der Waals surface area contributed by atoms with Gasteiger partial charge in [-0.25, -0.2) is 13.2 Å². The number of hydrogen-bond acceptors (Lipinski definition) is 5. The van der Waals surface area contributed by atoms with Crippen LogP contribution in [0.25, 0.3) is 0 Å². The van der Waals surface area contributed by atoms with Crippen LogP contribution >= 0.6 is 0 Å². The number of hydrogen-bond donors (Lipinski definition) is 1. The number of carbonyl (C=O) groups is 1. The number of carbonyl (C=O) groups excluding carboxylic acids is 1. The van der Waals surface area contributed by atoms with E-state index in [9.17, 15) is 18.3 Å². The van der Waals surface area contributed by atoms with E-state index in [0.29, 0.717) is 11.1 Å². The van der Waals surface area contributed by atoms with Crippen molar-refractivity contribution in [1.82, 2.24) is 4.31 Å². The van der Waals surface area contributed by atoms with E-state index in [1.165, 1.54) is 10.4 Å². The number of phenols is 1. The number of benzene rings is 2. The first-order valence-electron chi connectivity index (χ1n) is 7.92. The molecule has 3 rings (SSSR count). The third-order valence-electron chi connectivity index (χ3n) is 4.21. The number of nitrogens with zero attached hydrogens (tertiary/aromatic N) is 1. The van der Waals surface area contributed by atoms with Crippen LogP contribution in [-0.2, 0) is 27.8 Å². The second kappa shape index (κ2) is 6.50. The molecule has 25 heavy (non-hydrogen) atoms. The highest BCUT2D eigenvalue weighted by molar-refractivity contribution is 7.89. The van der Waals surface area contributed by atoms with Crippen molar-refractivity contribution in [3.63, 3.8) is 0 Å². The summed E-state index contributed by atoms with van der Waals surface area (Å²) in [4.78, 5) is 12.3. The minimum absolute atomic E-state index is 0.0219. The maximum Gasteiger partial charge on any atom is 0.342 e. The number of aryl methyl sites for hydroxylation is 1. The molecule has 0 spiro atoms. The van der Waals surface area contributed by atoms with Gasteiger partial charge in [0.05, 0.1) is 11.5 Å². The molecule has 2 aromatic carbocycles. The average Bonchev–Trinajstić information content (AvgIpc) is 3.00. The van der Waals surface area contributed by atoms with Crippen molar-refractivity contribution in [2.75, 3.05) is 6.61 Å². The number of fused-ring (bicyclic) bond motifs is 1. The van der Waals surface area contributed by atoms with Gasteiger partial charge in [-0.05, 0) is 43.2 Å². The van der Waals surface area contributed by atoms with Crippen molar-refractivity contribution in [3.8, 4) is 5.75 Å². The van der Waals surface area contributed by atoms with Gasteiger partial charge in [0.2, 0.25) is 10.0 Å². The Kier molecular flexibility index (Phi) is 4.53. The number of phenolic OH excluding ortho intramolecular Hbond substituents is 1. The largest absolute Gasteiger partial charge is 0.507 e. The normalized spacial score (nSPS) is 14.3. The fourth-order valence-corrected chi connectivity index (χ4v) is 4.28. The zero-order valence-corrected chi connectivity index (χ0v) is 14.8. The molecule has 2 aromatic rings. The van der Waals surface area contributed by atoms with Crippen molar-refractivity contribution in [2.24, 2.45) is 0 Å². The molecule has 0 aromatic heterocycles. The van der Waals surface area contributed by atoms with Gasteiger partial charge in [-0.2, -0.15) is 4.31 Å². The number of rotatable bonds is 4. The zero-order valence-electron chi connectivity index (χ0n) is 14.0. The van der Waals surface area contributed by atoms with E-state index < -0.39 is 16.0 Å². The molecule has 0 bridgehead atoms. The quantitative estimate of drug-likeness (QED) is 0.846. The highest BCUT2D eigenvalue weighted by Crippen LogP contribution is 2.35. The van der Waals surface area contributed by atoms with Gasteiger partial charge in [-0.3, -0.25) is 0 Å². The summed E-state index contributed by atoms with van der Waals surface area (Å²) < 4.78 is 32.0. The maximum atomic E-state index is 12.9. The summed E-state index contributed by atoms with van der Waals surface area (Å²) in [5.74, 6) is -0.849. The Bertz CT molecular complexity index is 919. The molecule has 0 unspecified atom stereocenters. The van der Waals surface area contributed by atoms with E-state index in [-0.39, 0.29) is 35.9 Å². The molecule has 7 heteroatoms. The van der Waals surface area contributed by atoms with Crippen molar-refractivity contribution in [1.29, 1.82) is 0 Å². The Morgan fingerprint density at radius 3 is 2.48 bits per heavy atom. The standard InChI is InChI=1S/C18H19NO5S/c1-3-24-18(21)17-15-11-19(10-13(15)6-9-16(17)20)25(22,23)14-7-4-12(2)5-8-14/h4-9,20H,3,10-11H2,1-2H3. The molecule has 0 radical (unpaired) electrons. The van der Waals surface area contributed by atoms with E-state index in [4.69, 9.17) is 4.74 Å². The average molecular weight is 361 g/mol. The molecule has 0 saturated carbocycles. The molecule has 132 valence electrons. The van der Waals surface area contributed by atoms with Gasteiger partial charge >= 0.3 is 5.97 Å². The molecule has 0 amide bonds. The van der Waals surface area contributed by atoms with Crippen LogP contribution in [-0.4, -0.2) is 30.4 Å². The van der Waals surface area contributed by atoms with Crippen molar-refractivity contribution < 1.29 is 23.1 Å². The van der Waals surface area contributed by atoms with Crippen molar-refractivity contribution >= 4 is 16.0 Å². The smallest absolute Gasteiger partial charge is 0.342 e. The van der Waals surface area contributed by atoms with Crippen LogP contribution in [0.3, 0.4) is 0 Å². The summed E-state index contributed by atoms with van der Waals surface area (Å²) >= 11 is 0. The molecular weight excluding hydrogens is 342 g/mol. The fraction of sp³-hybridized carbons (Fsp3) is 0.278. The molecule has 0 fully saturated rings. The van der Waals surface area contributed by atoms with Crippen LogP contribution in [0.2, 0.25) is 0 Å². The summed E-state index contributed by atoms with van der Waals surface area (Å²) in [5, 5.41) is 10.0. The van der Waals surface area contributed by atoms with Crippen LogP contribution in [0.1, 0.15) is 34.0 Å². The van der Waals surface area contributed by atoms with Gasteiger partial charge in [-0.1, -0.05) is 23.8 Å². The Balaban J connectivity index is 1.97. The number of aromatic hydroxyl groups is 1. The van der Waals surface area contributed by atoms with Gasteiger partial charge in [0.1, 0.15) is 11.3 Å². The van der Waals surface area contributed by atoms with E-state index in [2.05, 4.69) is 0 Å². The Morgan fingerprint density at radius 2 is 1.84 bits per heavy atom. The van der Waals surface area contributed by atoms with E-state index >= 15 is 0 Å². The predicted octanol–water partition coefficient (Wildman–Crippen LogP) is 2.58. The molecule has 0 aliphatic carbocycles. The summed E-state index contributed by atoms with van der Waals surface area (Å²) in [6.07, 6.45) is 0. The first kappa shape index (κ1) is 17.4. The highest BCUT2D eigenvalue weighted by Gasteiger charge is 2.34. The van der Waals surface area contributed by atoms with Crippen LogP contribution in [0.5, 0.6) is 5.75 Å². The summed E-state index contributed by atoms with van der Waals surface area (Å²) in [5.41, 5.74) is 2.20. The first-order valence-corrected chi connectivity index (χ1v) is 9.36. The lowest BCUT2D eigenvalue weighted by atomic mass is 10.0. The topological polar surface area (TPSA) is 83.9 Å². The van der Waals surface area contributed by atoms with Gasteiger partial charge in [0.25, 0.3) is 0 Å². The predicted molar refractivity (Wildman–Crippen MR) is 91.7 cm³/mol. The molecule has 1 heterocycles. The molecule has 0 saturated heterocycles. The molecule has 1 aliphatic heterocycles. The number of ether oxygens (including phenoxy) is 1. The fourth-order valence-electron chi connectivity index (χ4n) is 2.89. The lowest BCUT2D eigenvalue weighted by Crippen LogP contribution is -2.25. The molecule has 1 aliphatic rings. The minimum atomic E-state index is -3.69. The Hall–Kier alpha value is -2.38. The third kappa shape index (κ3) is 3.12. The van der Waals surface area contributed by atoms with Crippen LogP contribution < -0.4 is 0 Å². The van der Waals surface area contributed by atoms with E-state index in [1.54, 1.807) is 37.3 Å². The van der Waals surface area contributed by atoms with Crippen molar-refractivity contribution in [2.45, 2.75) is 31.8 Å². The van der Waals surface area contributed by atoms with Gasteiger partial charge < -0.3 is 9.84 Å². The van der Waals surface area contributed by atoms with E-state index in [1.807, 2.05) is 6.92 Å².